The quantitative estimate of drug-likeness (QED) is 0.759. The van der Waals surface area contributed by atoms with Gasteiger partial charge in [-0.3, -0.25) is 0 Å². The van der Waals surface area contributed by atoms with E-state index >= 15 is 0 Å². The van der Waals surface area contributed by atoms with E-state index in [0.29, 0.717) is 0 Å². The first-order valence-electron chi connectivity index (χ1n) is 5.49. The fourth-order valence-electron chi connectivity index (χ4n) is 2.65. The van der Waals surface area contributed by atoms with Crippen LogP contribution in [-0.4, -0.2) is 5.11 Å². The molecule has 1 atom stereocenters. The van der Waals surface area contributed by atoms with Crippen LogP contribution in [0.3, 0.4) is 0 Å². The van der Waals surface area contributed by atoms with Gasteiger partial charge in [-0.1, -0.05) is 38.1 Å². The zero-order valence-electron chi connectivity index (χ0n) is 8.96. The van der Waals surface area contributed by atoms with E-state index in [1.807, 2.05) is 6.07 Å². The van der Waals surface area contributed by atoms with Crippen LogP contribution >= 0.6 is 0 Å². The Bertz CT molecular complexity index is 326. The van der Waals surface area contributed by atoms with E-state index in [0.717, 1.165) is 24.8 Å². The van der Waals surface area contributed by atoms with Gasteiger partial charge in [0.15, 0.2) is 0 Å². The Labute approximate surface area is 85.8 Å². The monoisotopic (exact) mass is 190 g/mol. The average molecular weight is 190 g/mol. The van der Waals surface area contributed by atoms with E-state index in [9.17, 15) is 5.11 Å². The van der Waals surface area contributed by atoms with Crippen LogP contribution in [0.25, 0.3) is 0 Å². The highest BCUT2D eigenvalue weighted by Gasteiger charge is 2.42. The van der Waals surface area contributed by atoms with Crippen LogP contribution in [0.1, 0.15) is 43.9 Å². The van der Waals surface area contributed by atoms with Crippen molar-refractivity contribution in [2.75, 3.05) is 0 Å². The van der Waals surface area contributed by atoms with E-state index in [2.05, 4.69) is 32.0 Å². The minimum absolute atomic E-state index is 0.101. The van der Waals surface area contributed by atoms with Crippen molar-refractivity contribution in [1.82, 2.24) is 0 Å². The fraction of sp³-hybridized carbons (Fsp3) is 0.538. The number of fused-ring (bicyclic) bond motifs is 1. The zero-order chi connectivity index (χ0) is 10.2. The molecule has 0 heterocycles. The summed E-state index contributed by atoms with van der Waals surface area (Å²) in [5, 5.41) is 10.3. The second kappa shape index (κ2) is 3.39. The first-order chi connectivity index (χ1) is 6.73. The van der Waals surface area contributed by atoms with E-state index < -0.39 is 0 Å². The van der Waals surface area contributed by atoms with Crippen LogP contribution < -0.4 is 0 Å². The van der Waals surface area contributed by atoms with Crippen LogP contribution in [0.5, 0.6) is 0 Å². The third-order valence-electron chi connectivity index (χ3n) is 3.88. The molecule has 1 heteroatoms. The third kappa shape index (κ3) is 1.19. The van der Waals surface area contributed by atoms with Crippen LogP contribution in [-0.2, 0) is 6.42 Å². The maximum absolute atomic E-state index is 10.3. The van der Waals surface area contributed by atoms with Crippen LogP contribution in [0, 0.1) is 5.41 Å². The summed E-state index contributed by atoms with van der Waals surface area (Å²) in [7, 11) is 0. The van der Waals surface area contributed by atoms with E-state index in [4.69, 9.17) is 0 Å². The van der Waals surface area contributed by atoms with Crippen molar-refractivity contribution in [3.8, 4) is 0 Å². The van der Waals surface area contributed by atoms with Gasteiger partial charge in [0, 0.05) is 5.41 Å². The molecule has 14 heavy (non-hydrogen) atoms. The molecule has 0 spiro atoms. The normalized spacial score (nSPS) is 23.5. The largest absolute Gasteiger partial charge is 0.388 e. The zero-order valence-corrected chi connectivity index (χ0v) is 8.96. The van der Waals surface area contributed by atoms with Crippen molar-refractivity contribution < 1.29 is 5.11 Å². The molecule has 0 fully saturated rings. The van der Waals surface area contributed by atoms with Crippen molar-refractivity contribution in [1.29, 1.82) is 0 Å². The van der Waals surface area contributed by atoms with Gasteiger partial charge in [-0.2, -0.15) is 0 Å². The second-order valence-electron chi connectivity index (χ2n) is 4.35. The van der Waals surface area contributed by atoms with Crippen molar-refractivity contribution in [3.05, 3.63) is 35.4 Å². The molecule has 0 bridgehead atoms. The number of hydrogen-bond acceptors (Lipinski definition) is 1. The Morgan fingerprint density at radius 1 is 1.29 bits per heavy atom. The highest BCUT2D eigenvalue weighted by atomic mass is 16.3. The summed E-state index contributed by atoms with van der Waals surface area (Å²) < 4.78 is 0. The predicted molar refractivity (Wildman–Crippen MR) is 58.1 cm³/mol. The number of aliphatic hydroxyl groups is 1. The maximum atomic E-state index is 10.3. The number of hydrogen-bond donors (Lipinski definition) is 1. The molecule has 1 aliphatic carbocycles. The lowest BCUT2D eigenvalue weighted by Crippen LogP contribution is -2.24. The molecule has 2 rings (SSSR count). The van der Waals surface area contributed by atoms with Gasteiger partial charge in [-0.15, -0.1) is 0 Å². The van der Waals surface area contributed by atoms with Crippen molar-refractivity contribution >= 4 is 0 Å². The molecule has 1 aliphatic rings. The van der Waals surface area contributed by atoms with Crippen LogP contribution in [0.15, 0.2) is 24.3 Å². The molecule has 0 aromatic heterocycles. The first kappa shape index (κ1) is 9.72. The van der Waals surface area contributed by atoms with Crippen LogP contribution in [0.4, 0.5) is 0 Å². The summed E-state index contributed by atoms with van der Waals surface area (Å²) >= 11 is 0. The predicted octanol–water partition coefficient (Wildman–Crippen LogP) is 3.08. The van der Waals surface area contributed by atoms with Gasteiger partial charge in [0.1, 0.15) is 0 Å². The summed E-state index contributed by atoms with van der Waals surface area (Å²) in [6.07, 6.45) is 2.89. The summed E-state index contributed by atoms with van der Waals surface area (Å²) in [4.78, 5) is 0. The molecular formula is C13H18O. The molecule has 1 nitrogen and oxygen atoms in total. The third-order valence-corrected chi connectivity index (χ3v) is 3.88. The van der Waals surface area contributed by atoms with Gasteiger partial charge in [-0.25, -0.2) is 0 Å². The summed E-state index contributed by atoms with van der Waals surface area (Å²) in [5.41, 5.74) is 2.59. The van der Waals surface area contributed by atoms with Gasteiger partial charge < -0.3 is 5.11 Å². The lowest BCUT2D eigenvalue weighted by Gasteiger charge is -2.30. The van der Waals surface area contributed by atoms with Gasteiger partial charge in [0.25, 0.3) is 0 Å². The highest BCUT2D eigenvalue weighted by Crippen LogP contribution is 2.49. The Balaban J connectivity index is 2.42. The molecule has 0 radical (unpaired) electrons. The Hall–Kier alpha value is -0.820. The first-order valence-corrected chi connectivity index (χ1v) is 5.49. The molecule has 1 aromatic rings. The summed E-state index contributed by atoms with van der Waals surface area (Å²) in [6.45, 7) is 4.36. The molecule has 1 unspecified atom stereocenters. The number of rotatable bonds is 2. The molecule has 0 saturated heterocycles. The standard InChI is InChI=1S/C13H18O/c1-3-13(4-2)9-10-7-5-6-8-11(10)12(13)14/h5-8,12,14H,3-4,9H2,1-2H3. The van der Waals surface area contributed by atoms with Gasteiger partial charge in [0.05, 0.1) is 6.10 Å². The Kier molecular flexibility index (Phi) is 2.36. The van der Waals surface area contributed by atoms with Gasteiger partial charge in [-0.05, 0) is 30.4 Å². The second-order valence-corrected chi connectivity index (χ2v) is 4.35. The molecule has 0 amide bonds. The molecule has 1 N–H and O–H groups in total. The lowest BCUT2D eigenvalue weighted by atomic mass is 9.77. The minimum Gasteiger partial charge on any atom is -0.388 e. The fourth-order valence-corrected chi connectivity index (χ4v) is 2.65. The highest BCUT2D eigenvalue weighted by molar-refractivity contribution is 5.36. The van der Waals surface area contributed by atoms with Gasteiger partial charge in [0.2, 0.25) is 0 Å². The van der Waals surface area contributed by atoms with E-state index in [1.54, 1.807) is 0 Å². The molecule has 0 aliphatic heterocycles. The van der Waals surface area contributed by atoms with E-state index in [1.165, 1.54) is 5.56 Å². The molecular weight excluding hydrogens is 172 g/mol. The SMILES string of the molecule is CCC1(CC)Cc2ccccc2C1O. The van der Waals surface area contributed by atoms with Gasteiger partial charge >= 0.3 is 0 Å². The Morgan fingerprint density at radius 2 is 1.93 bits per heavy atom. The van der Waals surface area contributed by atoms with E-state index in [-0.39, 0.29) is 11.5 Å². The Morgan fingerprint density at radius 3 is 2.50 bits per heavy atom. The molecule has 0 saturated carbocycles. The summed E-state index contributed by atoms with van der Waals surface area (Å²) in [5.74, 6) is 0. The maximum Gasteiger partial charge on any atom is 0.0851 e. The lowest BCUT2D eigenvalue weighted by molar-refractivity contribution is 0.0323. The number of aliphatic hydroxyl groups excluding tert-OH is 1. The molecule has 76 valence electrons. The summed E-state index contributed by atoms with van der Waals surface area (Å²) in [6, 6.07) is 8.29. The number of benzene rings is 1. The van der Waals surface area contributed by atoms with Crippen molar-refractivity contribution in [2.45, 2.75) is 39.2 Å². The van der Waals surface area contributed by atoms with Crippen molar-refractivity contribution in [3.63, 3.8) is 0 Å². The smallest absolute Gasteiger partial charge is 0.0851 e. The average Bonchev–Trinajstić information content (AvgIpc) is 2.53. The topological polar surface area (TPSA) is 20.2 Å². The minimum atomic E-state index is -0.256. The molecule has 1 aromatic carbocycles. The van der Waals surface area contributed by atoms with Crippen LogP contribution in [0.2, 0.25) is 0 Å². The van der Waals surface area contributed by atoms with Crippen molar-refractivity contribution in [2.24, 2.45) is 5.41 Å².